The van der Waals surface area contributed by atoms with Gasteiger partial charge in [-0.3, -0.25) is 0 Å². The zero-order valence-electron chi connectivity index (χ0n) is 9.36. The van der Waals surface area contributed by atoms with Crippen molar-refractivity contribution in [2.24, 2.45) is 17.6 Å². The molecule has 0 bridgehead atoms. The molecule has 4 nitrogen and oxygen atoms in total. The molecule has 0 aromatic carbocycles. The lowest BCUT2D eigenvalue weighted by atomic mass is 9.75. The Morgan fingerprint density at radius 3 is 2.00 bits per heavy atom. The Bertz CT molecular complexity index is 184. The van der Waals surface area contributed by atoms with Crippen LogP contribution >= 0.6 is 0 Å². The fourth-order valence-electron chi connectivity index (χ4n) is 3.09. The summed E-state index contributed by atoms with van der Waals surface area (Å²) in [5.74, 6) is 1.76. The summed E-state index contributed by atoms with van der Waals surface area (Å²) in [6.45, 7) is 1.95. The van der Waals surface area contributed by atoms with E-state index in [-0.39, 0.29) is 0 Å². The smallest absolute Gasteiger partial charge is 0.0155 e. The third-order valence-electron chi connectivity index (χ3n) is 4.16. The molecule has 4 N–H and O–H groups in total. The number of hydrogen-bond acceptors (Lipinski definition) is 4. The first-order valence-electron chi connectivity index (χ1n) is 6.20. The Hall–Kier alpha value is -0.160. The predicted octanol–water partition coefficient (Wildman–Crippen LogP) is 1.11. The van der Waals surface area contributed by atoms with Gasteiger partial charge in [0.25, 0.3) is 0 Å². The Balaban J connectivity index is 1.75. The zero-order chi connectivity index (χ0) is 10.7. The van der Waals surface area contributed by atoms with Gasteiger partial charge in [-0.25, -0.2) is 5.01 Å². The van der Waals surface area contributed by atoms with E-state index in [0.717, 1.165) is 24.9 Å². The first-order valence-corrected chi connectivity index (χ1v) is 6.20. The first-order chi connectivity index (χ1) is 7.29. The van der Waals surface area contributed by atoms with Gasteiger partial charge < -0.3 is 10.9 Å². The highest BCUT2D eigenvalue weighted by Gasteiger charge is 2.29. The molecule has 0 aromatic rings. The van der Waals surface area contributed by atoms with Crippen LogP contribution in [0.25, 0.3) is 0 Å². The molecule has 1 saturated heterocycles. The van der Waals surface area contributed by atoms with E-state index < -0.39 is 0 Å². The number of hydrogen-bond donors (Lipinski definition) is 3. The van der Waals surface area contributed by atoms with E-state index in [0.29, 0.717) is 6.04 Å². The van der Waals surface area contributed by atoms with Gasteiger partial charge >= 0.3 is 0 Å². The molecule has 88 valence electrons. The van der Waals surface area contributed by atoms with E-state index in [1.165, 1.54) is 38.5 Å². The summed E-state index contributed by atoms with van der Waals surface area (Å²) >= 11 is 0. The van der Waals surface area contributed by atoms with Gasteiger partial charge in [0.05, 0.1) is 0 Å². The lowest BCUT2D eigenvalue weighted by molar-refractivity contribution is -0.0455. The molecule has 1 aliphatic heterocycles. The monoisotopic (exact) mass is 213 g/mol. The van der Waals surface area contributed by atoms with Gasteiger partial charge in [0, 0.05) is 19.1 Å². The summed E-state index contributed by atoms with van der Waals surface area (Å²) in [6, 6.07) is 0.459. The second-order valence-corrected chi connectivity index (χ2v) is 5.10. The highest BCUT2D eigenvalue weighted by atomic mass is 16.5. The number of piperidine rings is 1. The van der Waals surface area contributed by atoms with E-state index in [9.17, 15) is 0 Å². The minimum atomic E-state index is 0.459. The van der Waals surface area contributed by atoms with Gasteiger partial charge in [-0.1, -0.05) is 0 Å². The minimum Gasteiger partial charge on any atom is -0.328 e. The molecule has 4 heteroatoms. The average molecular weight is 213 g/mol. The van der Waals surface area contributed by atoms with Gasteiger partial charge in [0.2, 0.25) is 0 Å². The summed E-state index contributed by atoms with van der Waals surface area (Å²) in [4.78, 5) is 0. The second kappa shape index (κ2) is 5.25. The lowest BCUT2D eigenvalue weighted by Crippen LogP contribution is -2.43. The summed E-state index contributed by atoms with van der Waals surface area (Å²) in [5.41, 5.74) is 8.17. The Labute approximate surface area is 91.7 Å². The fourth-order valence-corrected chi connectivity index (χ4v) is 3.09. The number of rotatable bonds is 2. The average Bonchev–Trinajstić information content (AvgIpc) is 2.30. The second-order valence-electron chi connectivity index (χ2n) is 5.10. The van der Waals surface area contributed by atoms with Crippen LogP contribution in [0.15, 0.2) is 0 Å². The number of nitrogens with zero attached hydrogens (tertiary/aromatic N) is 1. The molecule has 1 saturated carbocycles. The molecule has 2 rings (SSSR count). The Kier molecular flexibility index (Phi) is 3.97. The number of hydrazine groups is 1. The van der Waals surface area contributed by atoms with E-state index in [4.69, 9.17) is 10.9 Å². The molecule has 0 unspecified atom stereocenters. The molecule has 15 heavy (non-hydrogen) atoms. The highest BCUT2D eigenvalue weighted by Crippen LogP contribution is 2.34. The largest absolute Gasteiger partial charge is 0.328 e. The van der Waals surface area contributed by atoms with E-state index in [1.807, 2.05) is 5.01 Å². The van der Waals surface area contributed by atoms with E-state index in [2.05, 4.69) is 5.59 Å². The third kappa shape index (κ3) is 2.91. The summed E-state index contributed by atoms with van der Waals surface area (Å²) in [7, 11) is 0. The molecule has 0 radical (unpaired) electrons. The van der Waals surface area contributed by atoms with Gasteiger partial charge in [0.15, 0.2) is 0 Å². The molecule has 0 amide bonds. The first kappa shape index (κ1) is 11.3. The van der Waals surface area contributed by atoms with Crippen LogP contribution in [0.5, 0.6) is 0 Å². The van der Waals surface area contributed by atoms with Crippen molar-refractivity contribution in [1.82, 2.24) is 10.6 Å². The van der Waals surface area contributed by atoms with Gasteiger partial charge in [0.1, 0.15) is 0 Å². The summed E-state index contributed by atoms with van der Waals surface area (Å²) in [6.07, 6.45) is 7.49. The van der Waals surface area contributed by atoms with Crippen molar-refractivity contribution in [3.05, 3.63) is 0 Å². The van der Waals surface area contributed by atoms with Crippen LogP contribution in [0.1, 0.15) is 38.5 Å². The molecular formula is C11H23N3O. The van der Waals surface area contributed by atoms with Crippen LogP contribution in [0.3, 0.4) is 0 Å². The Morgan fingerprint density at radius 1 is 0.933 bits per heavy atom. The molecule has 0 spiro atoms. The van der Waals surface area contributed by atoms with Crippen LogP contribution in [-0.4, -0.2) is 29.3 Å². The SMILES string of the molecule is NC1CCC(C2CCN(NO)CC2)CC1. The van der Waals surface area contributed by atoms with Crippen molar-refractivity contribution >= 4 is 0 Å². The van der Waals surface area contributed by atoms with Crippen LogP contribution in [-0.2, 0) is 0 Å². The molecular weight excluding hydrogens is 190 g/mol. The van der Waals surface area contributed by atoms with Gasteiger partial charge in [-0.15, -0.1) is 5.59 Å². The normalized spacial score (nSPS) is 35.6. The van der Waals surface area contributed by atoms with Crippen molar-refractivity contribution < 1.29 is 5.21 Å². The summed E-state index contributed by atoms with van der Waals surface area (Å²) < 4.78 is 0. The zero-order valence-corrected chi connectivity index (χ0v) is 9.36. The molecule has 0 aromatic heterocycles. The molecule has 0 atom stereocenters. The van der Waals surface area contributed by atoms with Crippen molar-refractivity contribution in [2.75, 3.05) is 13.1 Å². The van der Waals surface area contributed by atoms with Crippen molar-refractivity contribution in [2.45, 2.75) is 44.6 Å². The van der Waals surface area contributed by atoms with Crippen molar-refractivity contribution in [1.29, 1.82) is 0 Å². The van der Waals surface area contributed by atoms with Crippen molar-refractivity contribution in [3.63, 3.8) is 0 Å². The van der Waals surface area contributed by atoms with E-state index >= 15 is 0 Å². The van der Waals surface area contributed by atoms with E-state index in [1.54, 1.807) is 0 Å². The molecule has 1 aliphatic carbocycles. The highest BCUT2D eigenvalue weighted by molar-refractivity contribution is 4.82. The quantitative estimate of drug-likeness (QED) is 0.601. The number of nitrogens with one attached hydrogen (secondary N) is 1. The fraction of sp³-hybridized carbons (Fsp3) is 1.00. The minimum absolute atomic E-state index is 0.459. The van der Waals surface area contributed by atoms with Crippen LogP contribution in [0.2, 0.25) is 0 Å². The molecule has 2 aliphatic rings. The third-order valence-corrected chi connectivity index (χ3v) is 4.16. The predicted molar refractivity (Wildman–Crippen MR) is 59.2 cm³/mol. The van der Waals surface area contributed by atoms with Crippen LogP contribution in [0.4, 0.5) is 0 Å². The van der Waals surface area contributed by atoms with Crippen LogP contribution < -0.4 is 11.3 Å². The van der Waals surface area contributed by atoms with Gasteiger partial charge in [-0.05, 0) is 50.4 Å². The maximum Gasteiger partial charge on any atom is 0.0155 e. The topological polar surface area (TPSA) is 61.5 Å². The van der Waals surface area contributed by atoms with Gasteiger partial charge in [-0.2, -0.15) is 0 Å². The maximum atomic E-state index is 8.78. The molecule has 2 fully saturated rings. The van der Waals surface area contributed by atoms with Crippen LogP contribution in [0, 0.1) is 11.8 Å². The standard InChI is InChI=1S/C11H23N3O/c12-11-3-1-9(2-4-11)10-5-7-14(13-15)8-6-10/h9-11,13,15H,1-8,12H2. The van der Waals surface area contributed by atoms with Crippen molar-refractivity contribution in [3.8, 4) is 0 Å². The maximum absolute atomic E-state index is 8.78. The summed E-state index contributed by atoms with van der Waals surface area (Å²) in [5, 5.41) is 10.7. The molecule has 1 heterocycles. The lowest BCUT2D eigenvalue weighted by Gasteiger charge is -2.37. The Morgan fingerprint density at radius 2 is 1.47 bits per heavy atom. The number of nitrogens with two attached hydrogens (primary N) is 1.